The SMILES string of the molecule is C=C=C(C)CCl. The normalized spacial score (nSPS) is 7.00. The van der Waals surface area contributed by atoms with E-state index >= 15 is 0 Å². The van der Waals surface area contributed by atoms with Crippen molar-refractivity contribution in [2.45, 2.75) is 6.92 Å². The highest BCUT2D eigenvalue weighted by atomic mass is 35.5. The average molecular weight is 103 g/mol. The van der Waals surface area contributed by atoms with E-state index in [9.17, 15) is 0 Å². The van der Waals surface area contributed by atoms with E-state index in [0.29, 0.717) is 5.88 Å². The van der Waals surface area contributed by atoms with E-state index in [1.54, 1.807) is 0 Å². The van der Waals surface area contributed by atoms with Crippen LogP contribution >= 0.6 is 11.6 Å². The first kappa shape index (κ1) is 5.81. The van der Waals surface area contributed by atoms with Crippen LogP contribution < -0.4 is 0 Å². The molecule has 0 bridgehead atoms. The van der Waals surface area contributed by atoms with E-state index in [0.717, 1.165) is 5.57 Å². The van der Waals surface area contributed by atoms with Crippen molar-refractivity contribution in [3.05, 3.63) is 17.9 Å². The smallest absolute Gasteiger partial charge is 0.0505 e. The number of rotatable bonds is 1. The highest BCUT2D eigenvalue weighted by Crippen LogP contribution is 1.88. The van der Waals surface area contributed by atoms with Crippen molar-refractivity contribution in [2.75, 3.05) is 5.88 Å². The minimum absolute atomic E-state index is 0.545. The fraction of sp³-hybridized carbons (Fsp3) is 0.400. The lowest BCUT2D eigenvalue weighted by molar-refractivity contribution is 1.42. The maximum atomic E-state index is 5.31. The van der Waals surface area contributed by atoms with Crippen LogP contribution in [-0.4, -0.2) is 5.88 Å². The zero-order chi connectivity index (χ0) is 4.99. The van der Waals surface area contributed by atoms with Gasteiger partial charge in [-0.2, -0.15) is 0 Å². The molecule has 0 aliphatic rings. The van der Waals surface area contributed by atoms with Gasteiger partial charge in [0.2, 0.25) is 0 Å². The summed E-state index contributed by atoms with van der Waals surface area (Å²) in [5, 5.41) is 0. The first-order valence-corrected chi connectivity index (χ1v) is 2.26. The van der Waals surface area contributed by atoms with Crippen molar-refractivity contribution in [3.8, 4) is 0 Å². The van der Waals surface area contributed by atoms with Crippen LogP contribution in [0.25, 0.3) is 0 Å². The predicted molar refractivity (Wildman–Crippen MR) is 29.0 cm³/mol. The second kappa shape index (κ2) is 3.02. The largest absolute Gasteiger partial charge is 0.129 e. The van der Waals surface area contributed by atoms with E-state index in [1.165, 1.54) is 0 Å². The van der Waals surface area contributed by atoms with Crippen LogP contribution in [-0.2, 0) is 0 Å². The first-order chi connectivity index (χ1) is 2.81. The van der Waals surface area contributed by atoms with Crippen LogP contribution in [0.15, 0.2) is 17.9 Å². The third kappa shape index (κ3) is 2.07. The van der Waals surface area contributed by atoms with Gasteiger partial charge in [-0.25, -0.2) is 0 Å². The molecule has 34 valence electrons. The minimum atomic E-state index is 0.545. The average Bonchev–Trinajstić information content (AvgIpc) is 1.65. The zero-order valence-electron chi connectivity index (χ0n) is 3.79. The summed E-state index contributed by atoms with van der Waals surface area (Å²) in [6.45, 7) is 5.27. The number of hydrogen-bond donors (Lipinski definition) is 0. The summed E-state index contributed by atoms with van der Waals surface area (Å²) in [7, 11) is 0. The Hall–Kier alpha value is -0.190. The summed E-state index contributed by atoms with van der Waals surface area (Å²) < 4.78 is 0. The minimum Gasteiger partial charge on any atom is -0.129 e. The molecule has 0 amide bonds. The van der Waals surface area contributed by atoms with Gasteiger partial charge in [0.05, 0.1) is 5.88 Å². The van der Waals surface area contributed by atoms with Crippen LogP contribution in [0.3, 0.4) is 0 Å². The maximum Gasteiger partial charge on any atom is 0.0505 e. The molecule has 0 heterocycles. The van der Waals surface area contributed by atoms with Gasteiger partial charge in [0, 0.05) is 0 Å². The first-order valence-electron chi connectivity index (χ1n) is 1.72. The van der Waals surface area contributed by atoms with Gasteiger partial charge in [-0.05, 0) is 12.5 Å². The second-order valence-corrected chi connectivity index (χ2v) is 1.36. The van der Waals surface area contributed by atoms with E-state index in [4.69, 9.17) is 11.6 Å². The summed E-state index contributed by atoms with van der Waals surface area (Å²) in [6, 6.07) is 0. The molecule has 0 N–H and O–H groups in total. The number of hydrogen-bond acceptors (Lipinski definition) is 0. The van der Waals surface area contributed by atoms with Gasteiger partial charge in [0.15, 0.2) is 0 Å². The molecule has 0 atom stereocenters. The van der Waals surface area contributed by atoms with Crippen LogP contribution in [0.1, 0.15) is 6.92 Å². The van der Waals surface area contributed by atoms with Gasteiger partial charge in [-0.1, -0.05) is 6.58 Å². The van der Waals surface area contributed by atoms with Crippen LogP contribution in [0.4, 0.5) is 0 Å². The quantitative estimate of drug-likeness (QED) is 0.351. The lowest BCUT2D eigenvalue weighted by Gasteiger charge is -1.78. The van der Waals surface area contributed by atoms with Gasteiger partial charge in [-0.15, -0.1) is 17.3 Å². The van der Waals surface area contributed by atoms with Crippen molar-refractivity contribution < 1.29 is 0 Å². The topological polar surface area (TPSA) is 0 Å². The lowest BCUT2D eigenvalue weighted by atomic mass is 10.4. The molecule has 0 spiro atoms. The summed E-state index contributed by atoms with van der Waals surface area (Å²) >= 11 is 5.31. The van der Waals surface area contributed by atoms with Gasteiger partial charge < -0.3 is 0 Å². The highest BCUT2D eigenvalue weighted by molar-refractivity contribution is 6.19. The Bertz CT molecular complexity index is 77.9. The van der Waals surface area contributed by atoms with E-state index in [-0.39, 0.29) is 0 Å². The summed E-state index contributed by atoms with van der Waals surface area (Å²) in [4.78, 5) is 0. The molecule has 0 rings (SSSR count). The lowest BCUT2D eigenvalue weighted by Crippen LogP contribution is -1.67. The van der Waals surface area contributed by atoms with Crippen molar-refractivity contribution in [3.63, 3.8) is 0 Å². The second-order valence-electron chi connectivity index (χ2n) is 1.09. The van der Waals surface area contributed by atoms with Crippen molar-refractivity contribution in [1.82, 2.24) is 0 Å². The maximum absolute atomic E-state index is 5.31. The Morgan fingerprint density at radius 2 is 2.50 bits per heavy atom. The van der Waals surface area contributed by atoms with Crippen LogP contribution in [0.5, 0.6) is 0 Å². The van der Waals surface area contributed by atoms with E-state index in [2.05, 4.69) is 12.3 Å². The predicted octanol–water partition coefficient (Wildman–Crippen LogP) is 1.96. The third-order valence-electron chi connectivity index (χ3n) is 0.502. The number of halogens is 1. The monoisotopic (exact) mass is 102 g/mol. The van der Waals surface area contributed by atoms with Crippen molar-refractivity contribution in [1.29, 1.82) is 0 Å². The standard InChI is InChI=1S/C5H7Cl/c1-3-5(2)4-6/h1,4H2,2H3. The van der Waals surface area contributed by atoms with Gasteiger partial charge >= 0.3 is 0 Å². The summed E-state index contributed by atoms with van der Waals surface area (Å²) in [5.41, 5.74) is 3.65. The Balaban J connectivity index is 3.52. The molecule has 0 aliphatic carbocycles. The molecule has 1 heteroatoms. The Morgan fingerprint density at radius 3 is 2.50 bits per heavy atom. The molecule has 0 aromatic carbocycles. The Kier molecular flexibility index (Phi) is 2.92. The summed E-state index contributed by atoms with van der Waals surface area (Å²) in [5.74, 6) is 0.545. The summed E-state index contributed by atoms with van der Waals surface area (Å²) in [6.07, 6.45) is 0. The molecule has 0 aliphatic heterocycles. The molecular weight excluding hydrogens is 95.5 g/mol. The molecule has 0 aromatic rings. The molecule has 0 unspecified atom stereocenters. The van der Waals surface area contributed by atoms with Crippen LogP contribution in [0, 0.1) is 0 Å². The third-order valence-corrected chi connectivity index (χ3v) is 0.903. The molecule has 0 aromatic heterocycles. The highest BCUT2D eigenvalue weighted by Gasteiger charge is 1.74. The van der Waals surface area contributed by atoms with E-state index in [1.807, 2.05) is 6.92 Å². The fourth-order valence-electron chi connectivity index (χ4n) is 0.0472. The Labute approximate surface area is 43.1 Å². The molecule has 6 heavy (non-hydrogen) atoms. The Morgan fingerprint density at radius 1 is 2.00 bits per heavy atom. The van der Waals surface area contributed by atoms with Crippen LogP contribution in [0.2, 0.25) is 0 Å². The zero-order valence-corrected chi connectivity index (χ0v) is 4.55. The molecule has 0 saturated carbocycles. The van der Waals surface area contributed by atoms with E-state index < -0.39 is 0 Å². The molecule has 0 radical (unpaired) electrons. The number of alkyl halides is 1. The van der Waals surface area contributed by atoms with Gasteiger partial charge in [0.25, 0.3) is 0 Å². The van der Waals surface area contributed by atoms with Crippen molar-refractivity contribution in [2.24, 2.45) is 0 Å². The molecule has 0 nitrogen and oxygen atoms in total. The molecule has 0 fully saturated rings. The molecular formula is C5H7Cl. The van der Waals surface area contributed by atoms with Gasteiger partial charge in [-0.3, -0.25) is 0 Å². The van der Waals surface area contributed by atoms with Crippen molar-refractivity contribution >= 4 is 11.6 Å². The van der Waals surface area contributed by atoms with Gasteiger partial charge in [0.1, 0.15) is 0 Å². The molecule has 0 saturated heterocycles. The fourth-order valence-corrected chi connectivity index (χ4v) is 0.142. The number of allylic oxidation sites excluding steroid dienone is 1.